The Labute approximate surface area is 106 Å². The van der Waals surface area contributed by atoms with Crippen molar-refractivity contribution in [2.24, 2.45) is 0 Å². The van der Waals surface area contributed by atoms with Gasteiger partial charge < -0.3 is 5.11 Å². The molecule has 0 fully saturated rings. The van der Waals surface area contributed by atoms with Crippen molar-refractivity contribution >= 4 is 21.8 Å². The highest BCUT2D eigenvalue weighted by atomic mass is 32.2. The number of hydrogen-bond donors (Lipinski definition) is 2. The van der Waals surface area contributed by atoms with Crippen LogP contribution in [-0.4, -0.2) is 31.6 Å². The van der Waals surface area contributed by atoms with E-state index in [-0.39, 0.29) is 17.5 Å². The van der Waals surface area contributed by atoms with E-state index < -0.39 is 10.0 Å². The molecule has 2 N–H and O–H groups in total. The van der Waals surface area contributed by atoms with E-state index in [1.165, 1.54) is 12.1 Å². The summed E-state index contributed by atoms with van der Waals surface area (Å²) in [6, 6.07) is 6.19. The van der Waals surface area contributed by atoms with Crippen LogP contribution in [0.15, 0.2) is 29.2 Å². The SMILES string of the molecule is CSCC(C)NS(=O)(=O)c1cccc(CO)c1. The zero-order valence-corrected chi connectivity index (χ0v) is 11.5. The summed E-state index contributed by atoms with van der Waals surface area (Å²) in [5.41, 5.74) is 0.588. The van der Waals surface area contributed by atoms with E-state index in [1.807, 2.05) is 13.2 Å². The minimum atomic E-state index is -3.49. The van der Waals surface area contributed by atoms with Crippen LogP contribution in [0.4, 0.5) is 0 Å². The third kappa shape index (κ3) is 4.31. The summed E-state index contributed by atoms with van der Waals surface area (Å²) in [6.45, 7) is 1.66. The van der Waals surface area contributed by atoms with Crippen LogP contribution in [0.1, 0.15) is 12.5 Å². The first-order chi connectivity index (χ1) is 7.99. The van der Waals surface area contributed by atoms with Gasteiger partial charge in [-0.1, -0.05) is 12.1 Å². The number of thioether (sulfide) groups is 1. The highest BCUT2D eigenvalue weighted by molar-refractivity contribution is 7.98. The Morgan fingerprint density at radius 1 is 1.47 bits per heavy atom. The van der Waals surface area contributed by atoms with Gasteiger partial charge in [0.2, 0.25) is 10.0 Å². The molecule has 17 heavy (non-hydrogen) atoms. The lowest BCUT2D eigenvalue weighted by molar-refractivity contribution is 0.281. The summed E-state index contributed by atoms with van der Waals surface area (Å²) in [6.07, 6.45) is 1.93. The molecule has 0 spiro atoms. The van der Waals surface area contributed by atoms with Crippen LogP contribution in [-0.2, 0) is 16.6 Å². The molecule has 0 aliphatic heterocycles. The highest BCUT2D eigenvalue weighted by Gasteiger charge is 2.17. The van der Waals surface area contributed by atoms with Gasteiger partial charge in [-0.15, -0.1) is 0 Å². The largest absolute Gasteiger partial charge is 0.392 e. The number of hydrogen-bond acceptors (Lipinski definition) is 4. The average molecular weight is 275 g/mol. The van der Waals surface area contributed by atoms with Crippen LogP contribution < -0.4 is 4.72 Å². The van der Waals surface area contributed by atoms with Gasteiger partial charge in [0.25, 0.3) is 0 Å². The zero-order valence-electron chi connectivity index (χ0n) is 9.88. The van der Waals surface area contributed by atoms with E-state index in [0.717, 1.165) is 5.75 Å². The van der Waals surface area contributed by atoms with Crippen LogP contribution in [0.5, 0.6) is 0 Å². The van der Waals surface area contributed by atoms with Gasteiger partial charge in [-0.2, -0.15) is 11.8 Å². The van der Waals surface area contributed by atoms with E-state index >= 15 is 0 Å². The monoisotopic (exact) mass is 275 g/mol. The molecule has 0 amide bonds. The third-order valence-electron chi connectivity index (χ3n) is 2.16. The first kappa shape index (κ1) is 14.5. The quantitative estimate of drug-likeness (QED) is 0.819. The number of aliphatic hydroxyl groups is 1. The van der Waals surface area contributed by atoms with Crippen molar-refractivity contribution in [2.45, 2.75) is 24.5 Å². The smallest absolute Gasteiger partial charge is 0.240 e. The van der Waals surface area contributed by atoms with Crippen molar-refractivity contribution in [3.63, 3.8) is 0 Å². The van der Waals surface area contributed by atoms with Crippen LogP contribution in [0.25, 0.3) is 0 Å². The van der Waals surface area contributed by atoms with Crippen molar-refractivity contribution in [1.29, 1.82) is 0 Å². The first-order valence-corrected chi connectivity index (χ1v) is 8.08. The maximum absolute atomic E-state index is 12.0. The van der Waals surface area contributed by atoms with Crippen LogP contribution >= 0.6 is 11.8 Å². The van der Waals surface area contributed by atoms with Crippen molar-refractivity contribution < 1.29 is 13.5 Å². The van der Waals surface area contributed by atoms with E-state index in [9.17, 15) is 8.42 Å². The maximum atomic E-state index is 12.0. The molecule has 0 radical (unpaired) electrons. The topological polar surface area (TPSA) is 66.4 Å². The van der Waals surface area contributed by atoms with Crippen molar-refractivity contribution in [2.75, 3.05) is 12.0 Å². The molecular formula is C11H17NO3S2. The third-order valence-corrected chi connectivity index (χ3v) is 4.58. The molecule has 1 atom stereocenters. The van der Waals surface area contributed by atoms with Crippen LogP contribution in [0.2, 0.25) is 0 Å². The summed E-state index contributed by atoms with van der Waals surface area (Å²) in [5.74, 6) is 0.721. The second kappa shape index (κ2) is 6.39. The molecular weight excluding hydrogens is 258 g/mol. The minimum Gasteiger partial charge on any atom is -0.392 e. The number of rotatable bonds is 6. The molecule has 1 aromatic rings. The molecule has 0 aliphatic carbocycles. The predicted octanol–water partition coefficient (Wildman–Crippen LogP) is 1.21. The fraction of sp³-hybridized carbons (Fsp3) is 0.455. The second-order valence-corrected chi connectivity index (χ2v) is 6.41. The normalized spacial score (nSPS) is 13.6. The van der Waals surface area contributed by atoms with E-state index in [0.29, 0.717) is 5.56 Å². The molecule has 0 saturated heterocycles. The Kier molecular flexibility index (Phi) is 5.45. The van der Waals surface area contributed by atoms with Crippen molar-refractivity contribution in [3.8, 4) is 0 Å². The molecule has 1 unspecified atom stereocenters. The van der Waals surface area contributed by atoms with E-state index in [2.05, 4.69) is 4.72 Å². The number of benzene rings is 1. The molecule has 4 nitrogen and oxygen atoms in total. The molecule has 1 rings (SSSR count). The van der Waals surface area contributed by atoms with Crippen molar-refractivity contribution in [1.82, 2.24) is 4.72 Å². The Bertz CT molecular complexity index is 460. The van der Waals surface area contributed by atoms with Crippen LogP contribution in [0, 0.1) is 0 Å². The van der Waals surface area contributed by atoms with E-state index in [1.54, 1.807) is 23.9 Å². The Morgan fingerprint density at radius 3 is 2.76 bits per heavy atom. The van der Waals surface area contributed by atoms with Gasteiger partial charge in [-0.3, -0.25) is 0 Å². The molecule has 0 aliphatic rings. The lowest BCUT2D eigenvalue weighted by Gasteiger charge is -2.13. The lowest BCUT2D eigenvalue weighted by Crippen LogP contribution is -2.34. The lowest BCUT2D eigenvalue weighted by atomic mass is 10.2. The Hall–Kier alpha value is -0.560. The summed E-state index contributed by atoms with van der Waals surface area (Å²) in [5, 5.41) is 8.98. The van der Waals surface area contributed by atoms with Gasteiger partial charge in [0.1, 0.15) is 0 Å². The zero-order chi connectivity index (χ0) is 12.9. The molecule has 0 aromatic heterocycles. The number of sulfonamides is 1. The summed E-state index contributed by atoms with van der Waals surface area (Å²) in [7, 11) is -3.49. The fourth-order valence-corrected chi connectivity index (χ4v) is 3.43. The predicted molar refractivity (Wildman–Crippen MR) is 70.5 cm³/mol. The molecule has 0 heterocycles. The van der Waals surface area contributed by atoms with Gasteiger partial charge in [0.15, 0.2) is 0 Å². The standard InChI is InChI=1S/C11H17NO3S2/c1-9(8-16-2)12-17(14,15)11-5-3-4-10(6-11)7-13/h3-6,9,12-13H,7-8H2,1-2H3. The molecule has 96 valence electrons. The first-order valence-electron chi connectivity index (χ1n) is 5.20. The van der Waals surface area contributed by atoms with Crippen molar-refractivity contribution in [3.05, 3.63) is 29.8 Å². The maximum Gasteiger partial charge on any atom is 0.240 e. The molecule has 6 heteroatoms. The Balaban J connectivity index is 2.89. The second-order valence-electron chi connectivity index (χ2n) is 3.78. The molecule has 1 aromatic carbocycles. The molecule has 0 saturated carbocycles. The fourth-order valence-electron chi connectivity index (χ4n) is 1.43. The van der Waals surface area contributed by atoms with Gasteiger partial charge in [-0.05, 0) is 30.9 Å². The Morgan fingerprint density at radius 2 is 2.18 bits per heavy atom. The summed E-state index contributed by atoms with van der Waals surface area (Å²) >= 11 is 1.59. The van der Waals surface area contributed by atoms with E-state index in [4.69, 9.17) is 5.11 Å². The average Bonchev–Trinajstić information content (AvgIpc) is 2.28. The molecule has 0 bridgehead atoms. The van der Waals surface area contributed by atoms with Gasteiger partial charge >= 0.3 is 0 Å². The number of aliphatic hydroxyl groups excluding tert-OH is 1. The van der Waals surface area contributed by atoms with Gasteiger partial charge in [0.05, 0.1) is 11.5 Å². The number of nitrogens with one attached hydrogen (secondary N) is 1. The minimum absolute atomic E-state index is 0.118. The highest BCUT2D eigenvalue weighted by Crippen LogP contribution is 2.12. The van der Waals surface area contributed by atoms with Gasteiger partial charge in [0, 0.05) is 11.8 Å². The van der Waals surface area contributed by atoms with Gasteiger partial charge in [-0.25, -0.2) is 13.1 Å². The summed E-state index contributed by atoms with van der Waals surface area (Å²) in [4.78, 5) is 0.192. The summed E-state index contributed by atoms with van der Waals surface area (Å²) < 4.78 is 26.6. The van der Waals surface area contributed by atoms with Crippen LogP contribution in [0.3, 0.4) is 0 Å².